The molecule has 1 aromatic carbocycles. The van der Waals surface area contributed by atoms with Crippen molar-refractivity contribution >= 4 is 46.7 Å². The van der Waals surface area contributed by atoms with Gasteiger partial charge in [0.05, 0.1) is 11.6 Å². The maximum absolute atomic E-state index is 6.11. The van der Waals surface area contributed by atoms with Crippen molar-refractivity contribution in [3.63, 3.8) is 0 Å². The van der Waals surface area contributed by atoms with E-state index >= 15 is 0 Å². The summed E-state index contributed by atoms with van der Waals surface area (Å²) < 4.78 is 1.92. The van der Waals surface area contributed by atoms with Gasteiger partial charge in [0.25, 0.3) is 0 Å². The molecule has 0 aliphatic heterocycles. The van der Waals surface area contributed by atoms with Crippen molar-refractivity contribution in [1.29, 1.82) is 0 Å². The molecule has 2 N–H and O–H groups in total. The Morgan fingerprint density at radius 1 is 1.20 bits per heavy atom. The molecule has 0 fully saturated rings. The van der Waals surface area contributed by atoms with Gasteiger partial charge in [-0.25, -0.2) is 0 Å². The first kappa shape index (κ1) is 16.0. The van der Waals surface area contributed by atoms with E-state index in [1.165, 1.54) is 0 Å². The summed E-state index contributed by atoms with van der Waals surface area (Å²) in [6.07, 6.45) is 0. The zero-order valence-electron chi connectivity index (χ0n) is 10.8. The summed E-state index contributed by atoms with van der Waals surface area (Å²) >= 11 is 15.4. The van der Waals surface area contributed by atoms with E-state index in [2.05, 4.69) is 10.2 Å². The molecule has 0 saturated heterocycles. The molecule has 0 bridgehead atoms. The number of rotatable bonds is 6. The van der Waals surface area contributed by atoms with E-state index in [1.807, 2.05) is 23.7 Å². The molecule has 0 aliphatic carbocycles. The van der Waals surface area contributed by atoms with Crippen molar-refractivity contribution in [2.24, 2.45) is 12.8 Å². The van der Waals surface area contributed by atoms with E-state index in [4.69, 9.17) is 28.9 Å². The van der Waals surface area contributed by atoms with E-state index in [1.54, 1.807) is 29.6 Å². The SMILES string of the molecule is Cn1c(CN)nnc1SCCSc1cc(Cl)ccc1Cl. The quantitative estimate of drug-likeness (QED) is 0.639. The monoisotopic (exact) mass is 348 g/mol. The molecule has 0 aliphatic rings. The molecule has 0 spiro atoms. The van der Waals surface area contributed by atoms with E-state index in [9.17, 15) is 0 Å². The fourth-order valence-corrected chi connectivity index (χ4v) is 3.92. The third kappa shape index (κ3) is 4.05. The Morgan fingerprint density at radius 3 is 2.65 bits per heavy atom. The van der Waals surface area contributed by atoms with Crippen LogP contribution in [0.15, 0.2) is 28.3 Å². The summed E-state index contributed by atoms with van der Waals surface area (Å²) in [5.41, 5.74) is 5.56. The van der Waals surface area contributed by atoms with Crippen LogP contribution in [0.5, 0.6) is 0 Å². The standard InChI is InChI=1S/C12H14Cl2N4S2/c1-18-11(7-15)16-17-12(18)20-5-4-19-10-6-8(13)2-3-9(10)14/h2-3,6H,4-5,7,15H2,1H3. The van der Waals surface area contributed by atoms with Gasteiger partial charge in [-0.2, -0.15) is 0 Å². The number of benzene rings is 1. The van der Waals surface area contributed by atoms with E-state index in [-0.39, 0.29) is 0 Å². The third-order valence-electron chi connectivity index (χ3n) is 2.57. The zero-order chi connectivity index (χ0) is 14.5. The second kappa shape index (κ2) is 7.56. The molecule has 0 atom stereocenters. The van der Waals surface area contributed by atoms with Gasteiger partial charge in [0.1, 0.15) is 5.82 Å². The van der Waals surface area contributed by atoms with Crippen molar-refractivity contribution in [2.75, 3.05) is 11.5 Å². The topological polar surface area (TPSA) is 56.7 Å². The van der Waals surface area contributed by atoms with E-state index < -0.39 is 0 Å². The highest BCUT2D eigenvalue weighted by Crippen LogP contribution is 2.30. The normalized spacial score (nSPS) is 11.0. The van der Waals surface area contributed by atoms with Gasteiger partial charge >= 0.3 is 0 Å². The summed E-state index contributed by atoms with van der Waals surface area (Å²) in [7, 11) is 1.92. The largest absolute Gasteiger partial charge is 0.324 e. The van der Waals surface area contributed by atoms with Crippen LogP contribution < -0.4 is 5.73 Å². The summed E-state index contributed by atoms with van der Waals surface area (Å²) in [5.74, 6) is 2.61. The van der Waals surface area contributed by atoms with Crippen LogP contribution in [0.4, 0.5) is 0 Å². The lowest BCUT2D eigenvalue weighted by molar-refractivity contribution is 0.735. The molecule has 4 nitrogen and oxygen atoms in total. The summed E-state index contributed by atoms with van der Waals surface area (Å²) in [6.45, 7) is 0.400. The number of hydrogen-bond acceptors (Lipinski definition) is 5. The summed E-state index contributed by atoms with van der Waals surface area (Å²) in [4.78, 5) is 1.00. The highest BCUT2D eigenvalue weighted by molar-refractivity contribution is 8.02. The molecule has 8 heteroatoms. The van der Waals surface area contributed by atoms with Crippen LogP contribution in [0.1, 0.15) is 5.82 Å². The first-order valence-electron chi connectivity index (χ1n) is 5.91. The van der Waals surface area contributed by atoms with Gasteiger partial charge < -0.3 is 10.3 Å². The zero-order valence-corrected chi connectivity index (χ0v) is 14.0. The first-order valence-corrected chi connectivity index (χ1v) is 8.63. The molecule has 0 saturated carbocycles. The Hall–Kier alpha value is -0.400. The number of nitrogens with two attached hydrogens (primary N) is 1. The Bertz CT molecular complexity index is 589. The molecule has 1 aromatic heterocycles. The fraction of sp³-hybridized carbons (Fsp3) is 0.333. The molecule has 0 radical (unpaired) electrons. The molecule has 108 valence electrons. The van der Waals surface area contributed by atoms with Crippen LogP contribution in [0.2, 0.25) is 10.0 Å². The van der Waals surface area contributed by atoms with Crippen molar-refractivity contribution in [1.82, 2.24) is 14.8 Å². The fourth-order valence-electron chi connectivity index (χ4n) is 1.52. The number of aromatic nitrogens is 3. The highest BCUT2D eigenvalue weighted by atomic mass is 35.5. The van der Waals surface area contributed by atoms with Gasteiger partial charge in [-0.3, -0.25) is 0 Å². The van der Waals surface area contributed by atoms with Crippen LogP contribution in [0.25, 0.3) is 0 Å². The smallest absolute Gasteiger partial charge is 0.191 e. The van der Waals surface area contributed by atoms with Crippen molar-refractivity contribution in [3.8, 4) is 0 Å². The van der Waals surface area contributed by atoms with E-state index in [0.29, 0.717) is 11.6 Å². The minimum atomic E-state index is 0.400. The number of halogens is 2. The summed E-state index contributed by atoms with van der Waals surface area (Å²) in [5, 5.41) is 10.4. The summed E-state index contributed by atoms with van der Waals surface area (Å²) in [6, 6.07) is 5.49. The first-order chi connectivity index (χ1) is 9.61. The van der Waals surface area contributed by atoms with Gasteiger partial charge in [-0.05, 0) is 18.2 Å². The van der Waals surface area contributed by atoms with Crippen molar-refractivity contribution < 1.29 is 0 Å². The average molecular weight is 349 g/mol. The maximum atomic E-state index is 6.11. The van der Waals surface area contributed by atoms with Crippen LogP contribution in [0.3, 0.4) is 0 Å². The molecular weight excluding hydrogens is 335 g/mol. The van der Waals surface area contributed by atoms with Crippen LogP contribution >= 0.6 is 46.7 Å². The number of thioether (sulfide) groups is 2. The molecule has 20 heavy (non-hydrogen) atoms. The van der Waals surface area contributed by atoms with Gasteiger partial charge in [-0.1, -0.05) is 35.0 Å². The number of hydrogen-bond donors (Lipinski definition) is 1. The molecule has 1 heterocycles. The Kier molecular flexibility index (Phi) is 6.04. The van der Waals surface area contributed by atoms with Gasteiger partial charge in [0.2, 0.25) is 0 Å². The van der Waals surface area contributed by atoms with Crippen LogP contribution in [-0.4, -0.2) is 26.3 Å². The predicted octanol–water partition coefficient (Wildman–Crippen LogP) is 3.47. The number of nitrogens with zero attached hydrogens (tertiary/aromatic N) is 3. The van der Waals surface area contributed by atoms with Gasteiger partial charge in [0.15, 0.2) is 5.16 Å². The second-order valence-corrected chi connectivity index (χ2v) is 6.98. The average Bonchev–Trinajstić information content (AvgIpc) is 2.79. The Labute approximate surface area is 136 Å². The van der Waals surface area contributed by atoms with Crippen molar-refractivity contribution in [3.05, 3.63) is 34.1 Å². The van der Waals surface area contributed by atoms with Gasteiger partial charge in [-0.15, -0.1) is 22.0 Å². The lowest BCUT2D eigenvalue weighted by atomic mass is 10.4. The molecule has 0 amide bonds. The molecular formula is C12H14Cl2N4S2. The predicted molar refractivity (Wildman–Crippen MR) is 86.8 cm³/mol. The van der Waals surface area contributed by atoms with E-state index in [0.717, 1.165) is 32.4 Å². The molecule has 0 unspecified atom stereocenters. The van der Waals surface area contributed by atoms with Gasteiger partial charge in [0, 0.05) is 28.5 Å². The van der Waals surface area contributed by atoms with Crippen LogP contribution in [0, 0.1) is 0 Å². The second-order valence-electron chi connectivity index (χ2n) is 3.93. The maximum Gasteiger partial charge on any atom is 0.191 e. The lowest BCUT2D eigenvalue weighted by Gasteiger charge is -2.05. The van der Waals surface area contributed by atoms with Crippen molar-refractivity contribution in [2.45, 2.75) is 16.6 Å². The molecule has 2 aromatic rings. The highest BCUT2D eigenvalue weighted by Gasteiger charge is 2.08. The minimum absolute atomic E-state index is 0.400. The Balaban J connectivity index is 1.84. The minimum Gasteiger partial charge on any atom is -0.324 e. The Morgan fingerprint density at radius 2 is 1.95 bits per heavy atom. The van der Waals surface area contributed by atoms with Crippen LogP contribution in [-0.2, 0) is 13.6 Å². The molecule has 2 rings (SSSR count). The lowest BCUT2D eigenvalue weighted by Crippen LogP contribution is -2.05. The third-order valence-corrected chi connectivity index (χ3v) is 5.59.